The number of carbonyl (C=O) groups excluding carboxylic acids is 2. The zero-order chi connectivity index (χ0) is 21.7. The summed E-state index contributed by atoms with van der Waals surface area (Å²) in [7, 11) is 3.81. The highest BCUT2D eigenvalue weighted by Crippen LogP contribution is 2.39. The van der Waals surface area contributed by atoms with Gasteiger partial charge in [0.25, 0.3) is 11.7 Å². The van der Waals surface area contributed by atoms with Crippen molar-refractivity contribution in [1.82, 2.24) is 14.8 Å². The molecule has 7 nitrogen and oxygen atoms in total. The Bertz CT molecular complexity index is 923. The average Bonchev–Trinajstić information content (AvgIpc) is 3.01. The van der Waals surface area contributed by atoms with Crippen LogP contribution in [0.2, 0.25) is 0 Å². The summed E-state index contributed by atoms with van der Waals surface area (Å²) in [6.07, 6.45) is 4.12. The number of ether oxygens (including phenoxy) is 1. The maximum absolute atomic E-state index is 12.9. The minimum absolute atomic E-state index is 0.0900. The molecule has 3 rings (SSSR count). The number of rotatable bonds is 8. The lowest BCUT2D eigenvalue weighted by Gasteiger charge is -2.26. The normalized spacial score (nSPS) is 18.3. The molecule has 1 aromatic heterocycles. The predicted molar refractivity (Wildman–Crippen MR) is 114 cm³/mol. The second-order valence-corrected chi connectivity index (χ2v) is 7.45. The quantitative estimate of drug-likeness (QED) is 0.410. The summed E-state index contributed by atoms with van der Waals surface area (Å²) in [6, 6.07) is 9.73. The SMILES string of the molecule is CCCOc1ccc(/C(O)=C2\C(=O)C(=O)N(CCN(C)C)[C@H]2c2ccncc2)cc1. The number of hydrogen-bond donors (Lipinski definition) is 1. The molecule has 2 aromatic rings. The van der Waals surface area contributed by atoms with Crippen LogP contribution >= 0.6 is 0 Å². The zero-order valence-electron chi connectivity index (χ0n) is 17.5. The number of aromatic nitrogens is 1. The van der Waals surface area contributed by atoms with Crippen LogP contribution in [0.4, 0.5) is 0 Å². The summed E-state index contributed by atoms with van der Waals surface area (Å²) >= 11 is 0. The Morgan fingerprint density at radius 2 is 1.80 bits per heavy atom. The maximum atomic E-state index is 12.9. The van der Waals surface area contributed by atoms with Crippen LogP contribution in [0.3, 0.4) is 0 Å². The van der Waals surface area contributed by atoms with E-state index in [4.69, 9.17) is 4.74 Å². The molecule has 0 spiro atoms. The molecule has 0 bridgehead atoms. The second kappa shape index (κ2) is 9.54. The van der Waals surface area contributed by atoms with Crippen LogP contribution in [0, 0.1) is 0 Å². The molecule has 0 radical (unpaired) electrons. The highest BCUT2D eigenvalue weighted by molar-refractivity contribution is 6.46. The molecule has 2 heterocycles. The topological polar surface area (TPSA) is 83.0 Å². The van der Waals surface area contributed by atoms with E-state index in [-0.39, 0.29) is 11.3 Å². The van der Waals surface area contributed by atoms with Crippen molar-refractivity contribution < 1.29 is 19.4 Å². The Morgan fingerprint density at radius 3 is 2.40 bits per heavy atom. The first-order chi connectivity index (χ1) is 14.4. The Balaban J connectivity index is 2.03. The smallest absolute Gasteiger partial charge is 0.295 e. The number of likely N-dealkylation sites (tertiary alicyclic amines) is 1. The van der Waals surface area contributed by atoms with E-state index in [1.165, 1.54) is 4.90 Å². The number of nitrogens with zero attached hydrogens (tertiary/aromatic N) is 3. The van der Waals surface area contributed by atoms with Crippen LogP contribution < -0.4 is 4.74 Å². The number of hydrogen-bond acceptors (Lipinski definition) is 6. The molecule has 1 aromatic carbocycles. The van der Waals surface area contributed by atoms with Crippen molar-refractivity contribution in [2.24, 2.45) is 0 Å². The van der Waals surface area contributed by atoms with Gasteiger partial charge in [0.15, 0.2) is 0 Å². The Labute approximate surface area is 176 Å². The number of aliphatic hydroxyl groups excluding tert-OH is 1. The van der Waals surface area contributed by atoms with Crippen molar-refractivity contribution in [3.8, 4) is 5.75 Å². The molecule has 1 aliphatic rings. The van der Waals surface area contributed by atoms with Gasteiger partial charge < -0.3 is 19.6 Å². The van der Waals surface area contributed by atoms with E-state index in [0.29, 0.717) is 31.0 Å². The molecular formula is C23H27N3O4. The predicted octanol–water partition coefficient (Wildman–Crippen LogP) is 2.85. The van der Waals surface area contributed by atoms with Crippen LogP contribution in [-0.4, -0.2) is 65.4 Å². The van der Waals surface area contributed by atoms with Crippen molar-refractivity contribution >= 4 is 17.4 Å². The number of pyridine rings is 1. The van der Waals surface area contributed by atoms with Crippen LogP contribution in [-0.2, 0) is 9.59 Å². The highest BCUT2D eigenvalue weighted by atomic mass is 16.5. The van der Waals surface area contributed by atoms with E-state index in [0.717, 1.165) is 12.0 Å². The molecule has 1 fully saturated rings. The summed E-state index contributed by atoms with van der Waals surface area (Å²) in [6.45, 7) is 3.59. The maximum Gasteiger partial charge on any atom is 0.295 e. The van der Waals surface area contributed by atoms with Crippen LogP contribution in [0.5, 0.6) is 5.75 Å². The molecule has 0 saturated carbocycles. The fourth-order valence-electron chi connectivity index (χ4n) is 3.40. The average molecular weight is 409 g/mol. The molecule has 1 atom stereocenters. The van der Waals surface area contributed by atoms with Crippen molar-refractivity contribution in [3.63, 3.8) is 0 Å². The monoisotopic (exact) mass is 409 g/mol. The lowest BCUT2D eigenvalue weighted by molar-refractivity contribution is -0.140. The Kier molecular flexibility index (Phi) is 6.84. The second-order valence-electron chi connectivity index (χ2n) is 7.45. The summed E-state index contributed by atoms with van der Waals surface area (Å²) in [4.78, 5) is 33.2. The lowest BCUT2D eigenvalue weighted by atomic mass is 9.96. The summed E-state index contributed by atoms with van der Waals surface area (Å²) in [5.74, 6) is -0.794. The number of aliphatic hydroxyl groups is 1. The molecule has 158 valence electrons. The van der Waals surface area contributed by atoms with Crippen molar-refractivity contribution in [2.75, 3.05) is 33.8 Å². The van der Waals surface area contributed by atoms with E-state index < -0.39 is 17.7 Å². The minimum atomic E-state index is -0.681. The summed E-state index contributed by atoms with van der Waals surface area (Å²) < 4.78 is 5.58. The van der Waals surface area contributed by atoms with Gasteiger partial charge in [0.1, 0.15) is 11.5 Å². The minimum Gasteiger partial charge on any atom is -0.507 e. The molecule has 7 heteroatoms. The van der Waals surface area contributed by atoms with E-state index >= 15 is 0 Å². The highest BCUT2D eigenvalue weighted by Gasteiger charge is 2.45. The van der Waals surface area contributed by atoms with Crippen molar-refractivity contribution in [1.29, 1.82) is 0 Å². The van der Waals surface area contributed by atoms with Gasteiger partial charge in [-0.1, -0.05) is 6.92 Å². The van der Waals surface area contributed by atoms with E-state index in [1.807, 2.05) is 25.9 Å². The standard InChI is InChI=1S/C23H27N3O4/c1-4-15-30-18-7-5-17(6-8-18)21(27)19-20(16-9-11-24-12-10-16)26(14-13-25(2)3)23(29)22(19)28/h5-12,20,27H,4,13-15H2,1-3H3/b21-19+/t20-/m0/s1. The van der Waals surface area contributed by atoms with Gasteiger partial charge in [-0.25, -0.2) is 0 Å². The lowest BCUT2D eigenvalue weighted by Crippen LogP contribution is -2.35. The number of benzene rings is 1. The molecule has 1 amide bonds. The molecule has 1 saturated heterocycles. The first-order valence-electron chi connectivity index (χ1n) is 10.00. The first-order valence-corrected chi connectivity index (χ1v) is 10.00. The fraction of sp³-hybridized carbons (Fsp3) is 0.348. The molecule has 0 unspecified atom stereocenters. The molecule has 0 aliphatic carbocycles. The zero-order valence-corrected chi connectivity index (χ0v) is 17.5. The number of ketones is 1. The molecule has 1 N–H and O–H groups in total. The van der Waals surface area contributed by atoms with E-state index in [2.05, 4.69) is 4.98 Å². The third kappa shape index (κ3) is 4.52. The van der Waals surface area contributed by atoms with Gasteiger partial charge in [-0.15, -0.1) is 0 Å². The number of Topliss-reactive ketones (excluding diaryl/α,β-unsaturated/α-hetero) is 1. The van der Waals surface area contributed by atoms with Gasteiger partial charge in [-0.2, -0.15) is 0 Å². The van der Waals surface area contributed by atoms with Gasteiger partial charge >= 0.3 is 0 Å². The first kappa shape index (κ1) is 21.5. The van der Waals surface area contributed by atoms with Crippen LogP contribution in [0.1, 0.15) is 30.5 Å². The van der Waals surface area contributed by atoms with E-state index in [9.17, 15) is 14.7 Å². The van der Waals surface area contributed by atoms with E-state index in [1.54, 1.807) is 48.8 Å². The van der Waals surface area contributed by atoms with Gasteiger partial charge in [-0.05, 0) is 62.5 Å². The van der Waals surface area contributed by atoms with Gasteiger partial charge in [0.2, 0.25) is 0 Å². The van der Waals surface area contributed by atoms with Gasteiger partial charge in [0, 0.05) is 31.0 Å². The molecule has 30 heavy (non-hydrogen) atoms. The van der Waals surface area contributed by atoms with Crippen LogP contribution in [0.25, 0.3) is 5.76 Å². The van der Waals surface area contributed by atoms with Crippen molar-refractivity contribution in [2.45, 2.75) is 19.4 Å². The van der Waals surface area contributed by atoms with Gasteiger partial charge in [-0.3, -0.25) is 14.6 Å². The number of amides is 1. The molecule has 1 aliphatic heterocycles. The number of carbonyl (C=O) groups is 2. The van der Waals surface area contributed by atoms with Crippen molar-refractivity contribution in [3.05, 3.63) is 65.5 Å². The Morgan fingerprint density at radius 1 is 1.13 bits per heavy atom. The van der Waals surface area contributed by atoms with Crippen LogP contribution in [0.15, 0.2) is 54.4 Å². The largest absolute Gasteiger partial charge is 0.507 e. The third-order valence-corrected chi connectivity index (χ3v) is 4.95. The summed E-state index contributed by atoms with van der Waals surface area (Å²) in [5.41, 5.74) is 1.28. The number of likely N-dealkylation sites (N-methyl/N-ethyl adjacent to an activating group) is 1. The van der Waals surface area contributed by atoms with Gasteiger partial charge in [0.05, 0.1) is 18.2 Å². The Hall–Kier alpha value is -3.19. The fourth-order valence-corrected chi connectivity index (χ4v) is 3.40. The summed E-state index contributed by atoms with van der Waals surface area (Å²) in [5, 5.41) is 11.0. The molecular weight excluding hydrogens is 382 g/mol. The third-order valence-electron chi connectivity index (χ3n) is 4.95.